The molecule has 73 heavy (non-hydrogen) atoms. The third-order valence-corrected chi connectivity index (χ3v) is 27.2. The summed E-state index contributed by atoms with van der Waals surface area (Å²) < 4.78 is 2.99. The molecule has 0 N–H and O–H groups in total. The summed E-state index contributed by atoms with van der Waals surface area (Å²) in [6.45, 7) is 11.7. The molecule has 0 spiro atoms. The summed E-state index contributed by atoms with van der Waals surface area (Å²) in [5, 5.41) is 5.45. The van der Waals surface area contributed by atoms with E-state index in [1.54, 1.807) is 19.5 Å². The Hall–Kier alpha value is -1.31. The van der Waals surface area contributed by atoms with Crippen LogP contribution in [0.25, 0.3) is 32.0 Å². The summed E-state index contributed by atoms with van der Waals surface area (Å²) in [4.78, 5) is 13.7. The van der Waals surface area contributed by atoms with Crippen molar-refractivity contribution in [3.63, 3.8) is 0 Å². The van der Waals surface area contributed by atoms with Crippen LogP contribution < -0.4 is 0 Å². The van der Waals surface area contributed by atoms with Crippen LogP contribution in [-0.2, 0) is 36.5 Å². The Bertz CT molecular complexity index is 2720. The number of benzene rings is 1. The van der Waals surface area contributed by atoms with E-state index in [9.17, 15) is 0 Å². The number of rotatable bonds is 32. The summed E-state index contributed by atoms with van der Waals surface area (Å²) in [5.74, 6) is 4.79. The van der Waals surface area contributed by atoms with E-state index in [1.165, 1.54) is 206 Å². The fraction of sp³-hybridized carbons (Fsp3) is 0.492. The Morgan fingerprint density at radius 2 is 0.822 bits per heavy atom. The van der Waals surface area contributed by atoms with E-state index >= 15 is 0 Å². The van der Waals surface area contributed by atoms with E-state index in [1.807, 2.05) is 22.7 Å². The first-order valence-corrected chi connectivity index (χ1v) is 36.9. The van der Waals surface area contributed by atoms with E-state index < -0.39 is 0 Å². The first kappa shape index (κ1) is 56.4. The summed E-state index contributed by atoms with van der Waals surface area (Å²) in [5.41, 5.74) is 11.6. The van der Waals surface area contributed by atoms with Gasteiger partial charge in [0.15, 0.2) is 0 Å². The molecule has 0 saturated carbocycles. The fourth-order valence-corrected chi connectivity index (χ4v) is 22.2. The Morgan fingerprint density at radius 3 is 1.25 bits per heavy atom. The van der Waals surface area contributed by atoms with Crippen molar-refractivity contribution < 1.29 is 0 Å². The van der Waals surface area contributed by atoms with Crippen LogP contribution >= 0.6 is 115 Å². The van der Waals surface area contributed by atoms with Gasteiger partial charge >= 0.3 is 0 Å². The molecule has 0 bridgehead atoms. The molecule has 2 unspecified atom stereocenters. The SMILES string of the molecule is CCCCCCc1ccc(CSC(SCc2ccc(CCCCCC)s2)=C2c3cc4c(cc3-c3sccc32)/C(=C(/SCC2=CC(C)C(CCCCCC)S2)SCc2ccc(CCCCCC)s2)c2ccsc2-4)s1. The van der Waals surface area contributed by atoms with Gasteiger partial charge in [0.05, 0.1) is 0 Å². The monoisotopic (exact) mass is 1150 g/mol. The van der Waals surface area contributed by atoms with Gasteiger partial charge in [-0.2, -0.15) is 0 Å². The molecule has 0 radical (unpaired) electrons. The second-order valence-electron chi connectivity index (χ2n) is 20.3. The van der Waals surface area contributed by atoms with Gasteiger partial charge in [-0.1, -0.05) is 124 Å². The molecule has 10 heteroatoms. The predicted octanol–water partition coefficient (Wildman–Crippen LogP) is 23.9. The number of unbranched alkanes of at least 4 members (excludes halogenated alkanes) is 12. The highest BCUT2D eigenvalue weighted by Gasteiger charge is 2.35. The van der Waals surface area contributed by atoms with Crippen molar-refractivity contribution in [2.24, 2.45) is 5.92 Å². The van der Waals surface area contributed by atoms with Crippen LogP contribution in [0.2, 0.25) is 0 Å². The van der Waals surface area contributed by atoms with Gasteiger partial charge in [0.25, 0.3) is 0 Å². The van der Waals surface area contributed by atoms with Crippen molar-refractivity contribution in [3.8, 4) is 20.9 Å². The van der Waals surface area contributed by atoms with Crippen molar-refractivity contribution in [1.82, 2.24) is 0 Å². The molecule has 1 aliphatic heterocycles. The Kier molecular flexibility index (Phi) is 22.5. The van der Waals surface area contributed by atoms with Crippen LogP contribution in [0.4, 0.5) is 0 Å². The highest BCUT2D eigenvalue weighted by Crippen LogP contribution is 2.60. The number of allylic oxidation sites excluding steroid dienone is 1. The summed E-state index contributed by atoms with van der Waals surface area (Å²) in [6, 6.07) is 24.7. The highest BCUT2D eigenvalue weighted by molar-refractivity contribution is 8.23. The Morgan fingerprint density at radius 1 is 0.425 bits per heavy atom. The quantitative estimate of drug-likeness (QED) is 0.0384. The van der Waals surface area contributed by atoms with Crippen LogP contribution in [0.5, 0.6) is 0 Å². The molecule has 390 valence electrons. The number of fused-ring (bicyclic) bond motifs is 6. The second kappa shape index (κ2) is 29.1. The molecule has 9 rings (SSSR count). The lowest BCUT2D eigenvalue weighted by atomic mass is 9.98. The van der Waals surface area contributed by atoms with E-state index in [0.29, 0.717) is 5.92 Å². The predicted molar refractivity (Wildman–Crippen MR) is 345 cm³/mol. The van der Waals surface area contributed by atoms with Gasteiger partial charge in [-0.25, -0.2) is 0 Å². The molecule has 0 fully saturated rings. The molecule has 2 aliphatic carbocycles. The maximum absolute atomic E-state index is 2.65. The third kappa shape index (κ3) is 14.9. The maximum atomic E-state index is 2.65. The zero-order valence-electron chi connectivity index (χ0n) is 44.2. The van der Waals surface area contributed by atoms with Gasteiger partial charge < -0.3 is 0 Å². The molecule has 5 aromatic heterocycles. The summed E-state index contributed by atoms with van der Waals surface area (Å²) in [7, 11) is 0. The number of thioether (sulfide) groups is 5. The second-order valence-corrected chi connectivity index (χ2v) is 31.7. The van der Waals surface area contributed by atoms with Gasteiger partial charge in [0.2, 0.25) is 0 Å². The highest BCUT2D eigenvalue weighted by atomic mass is 32.2. The van der Waals surface area contributed by atoms with Crippen LogP contribution in [-0.4, -0.2) is 11.0 Å². The molecule has 1 aromatic carbocycles. The van der Waals surface area contributed by atoms with Crippen LogP contribution in [0, 0.1) is 5.92 Å². The number of hydrogen-bond acceptors (Lipinski definition) is 10. The fourth-order valence-electron chi connectivity index (χ4n) is 10.5. The van der Waals surface area contributed by atoms with E-state index in [4.69, 9.17) is 0 Å². The summed E-state index contributed by atoms with van der Waals surface area (Å²) in [6.07, 6.45) is 28.9. The molecule has 2 atom stereocenters. The van der Waals surface area contributed by atoms with Gasteiger partial charge in [0, 0.05) is 109 Å². The van der Waals surface area contributed by atoms with Gasteiger partial charge in [-0.3, -0.25) is 0 Å². The molecule has 0 nitrogen and oxygen atoms in total. The smallest absolute Gasteiger partial charge is 0.0493 e. The van der Waals surface area contributed by atoms with Gasteiger partial charge in [-0.05, 0) is 138 Å². The first-order chi connectivity index (χ1) is 35.9. The lowest BCUT2D eigenvalue weighted by molar-refractivity contribution is 0.569. The zero-order valence-corrected chi connectivity index (χ0v) is 52.4. The van der Waals surface area contributed by atoms with Gasteiger partial charge in [0.1, 0.15) is 0 Å². The van der Waals surface area contributed by atoms with E-state index in [0.717, 1.165) is 28.3 Å². The molecular weight excluding hydrogens is 1080 g/mol. The topological polar surface area (TPSA) is 0 Å². The number of thiophene rings is 5. The minimum absolute atomic E-state index is 0.654. The van der Waals surface area contributed by atoms with Crippen LogP contribution in [0.3, 0.4) is 0 Å². The molecule has 0 amide bonds. The zero-order chi connectivity index (χ0) is 50.4. The lowest BCUT2D eigenvalue weighted by Crippen LogP contribution is -2.07. The van der Waals surface area contributed by atoms with Crippen molar-refractivity contribution in [2.45, 2.75) is 186 Å². The number of aryl methyl sites for hydroxylation is 3. The molecule has 6 heterocycles. The summed E-state index contributed by atoms with van der Waals surface area (Å²) >= 11 is 20.7. The Balaban J connectivity index is 1.04. The van der Waals surface area contributed by atoms with Crippen molar-refractivity contribution in [1.29, 1.82) is 0 Å². The first-order valence-electron chi connectivity index (χ1n) is 27.9. The van der Waals surface area contributed by atoms with Crippen molar-refractivity contribution >= 4 is 127 Å². The minimum Gasteiger partial charge on any atom is -0.145 e. The molecule has 3 aliphatic rings. The molecule has 0 saturated heterocycles. The van der Waals surface area contributed by atoms with Crippen LogP contribution in [0.1, 0.15) is 195 Å². The number of hydrogen-bond donors (Lipinski definition) is 0. The standard InChI is InChI=1S/C63H78S10/c1-6-10-14-18-22-44-26-29-47(70-44)39-66-62(67-40-48-30-27-45(71-48)23-19-15-11-7-2)58-51-32-34-64-60(51)55-38-54-56(37-53(55)58)61-52(33-35-65-61)59(54)63(68-41-49-31-28-46(72-49)24-20-16-12-8-3)69-42-50-36-43(5)57(73-50)25-21-17-13-9-4/h26-38,43,57H,6-25,39-42H2,1-5H3/b63-59+. The van der Waals surface area contributed by atoms with Crippen molar-refractivity contribution in [3.05, 3.63) is 142 Å². The molecule has 6 aromatic rings. The largest absolute Gasteiger partial charge is 0.145 e. The van der Waals surface area contributed by atoms with E-state index in [-0.39, 0.29) is 0 Å². The van der Waals surface area contributed by atoms with Gasteiger partial charge in [-0.15, -0.1) is 115 Å². The molecular formula is C63H78S10. The third-order valence-electron chi connectivity index (χ3n) is 14.5. The lowest BCUT2D eigenvalue weighted by Gasteiger charge is -2.16. The Labute approximate surface area is 482 Å². The van der Waals surface area contributed by atoms with Crippen LogP contribution in [0.15, 0.2) is 90.9 Å². The minimum atomic E-state index is 0.654. The maximum Gasteiger partial charge on any atom is 0.0493 e. The normalized spacial score (nSPS) is 16.3. The van der Waals surface area contributed by atoms with Crippen molar-refractivity contribution in [2.75, 3.05) is 5.75 Å². The average molecular weight is 1160 g/mol. The average Bonchev–Trinajstić information content (AvgIpc) is 4.27. The van der Waals surface area contributed by atoms with E-state index in [2.05, 4.69) is 205 Å².